The summed E-state index contributed by atoms with van der Waals surface area (Å²) in [5.74, 6) is -1.15. The molecule has 0 spiro atoms. The molecule has 0 unspecified atom stereocenters. The molecule has 2 N–H and O–H groups in total. The Balaban J connectivity index is 4.20. The van der Waals surface area contributed by atoms with Gasteiger partial charge in [-0.3, -0.25) is 14.8 Å². The molecule has 0 saturated carbocycles. The second-order valence-corrected chi connectivity index (χ2v) is 4.98. The first-order chi connectivity index (χ1) is 7.16. The maximum atomic E-state index is 11.6. The molecule has 0 aromatic rings. The van der Waals surface area contributed by atoms with E-state index in [0.29, 0.717) is 11.0 Å². The summed E-state index contributed by atoms with van der Waals surface area (Å²) in [5.41, 5.74) is -0.207. The van der Waals surface area contributed by atoms with Crippen LogP contribution in [0.2, 0.25) is 0 Å². The Morgan fingerprint density at radius 1 is 1.31 bits per heavy atom. The second kappa shape index (κ2) is 5.84. The predicted octanol–water partition coefficient (Wildman–Crippen LogP) is 1.75. The minimum atomic E-state index is -1.03. The third-order valence-corrected chi connectivity index (χ3v) is 3.00. The highest BCUT2D eigenvalue weighted by Crippen LogP contribution is 2.30. The van der Waals surface area contributed by atoms with Crippen molar-refractivity contribution >= 4 is 11.9 Å². The van der Waals surface area contributed by atoms with E-state index < -0.39 is 11.9 Å². The molecule has 0 radical (unpaired) electrons. The molecule has 0 bridgehead atoms. The number of rotatable bonds is 6. The van der Waals surface area contributed by atoms with Crippen LogP contribution in [0.3, 0.4) is 0 Å². The molecule has 0 saturated heterocycles. The fourth-order valence-electron chi connectivity index (χ4n) is 1.01. The second-order valence-electron chi connectivity index (χ2n) is 4.98. The normalized spacial score (nSPS) is 11.6. The molecule has 0 aliphatic rings. The predicted molar refractivity (Wildman–Crippen MR) is 59.0 cm³/mol. The zero-order valence-corrected chi connectivity index (χ0v) is 10.4. The molecule has 16 heavy (non-hydrogen) atoms. The first-order valence-corrected chi connectivity index (χ1v) is 5.38. The lowest BCUT2D eigenvalue weighted by Crippen LogP contribution is -2.34. The number of hydrogen-bond acceptors (Lipinski definition) is 3. The average molecular weight is 231 g/mol. The summed E-state index contributed by atoms with van der Waals surface area (Å²) >= 11 is 0. The molecule has 5 heteroatoms. The maximum Gasteiger partial charge on any atom is 0.305 e. The van der Waals surface area contributed by atoms with Crippen molar-refractivity contribution < 1.29 is 19.9 Å². The summed E-state index contributed by atoms with van der Waals surface area (Å²) in [6.45, 7) is 7.74. The summed E-state index contributed by atoms with van der Waals surface area (Å²) in [6.07, 6.45) is -0.0366. The van der Waals surface area contributed by atoms with Crippen LogP contribution in [-0.2, 0) is 9.59 Å². The van der Waals surface area contributed by atoms with Gasteiger partial charge in [0.1, 0.15) is 0 Å². The van der Waals surface area contributed by atoms with Crippen molar-refractivity contribution in [3.63, 3.8) is 0 Å². The van der Waals surface area contributed by atoms with Crippen molar-refractivity contribution in [1.29, 1.82) is 0 Å². The van der Waals surface area contributed by atoms with Gasteiger partial charge in [0.05, 0.1) is 13.0 Å². The van der Waals surface area contributed by atoms with Gasteiger partial charge in [0.2, 0.25) is 5.91 Å². The Kier molecular flexibility index (Phi) is 5.44. The van der Waals surface area contributed by atoms with Gasteiger partial charge in [0.15, 0.2) is 0 Å². The van der Waals surface area contributed by atoms with E-state index in [-0.39, 0.29) is 24.8 Å². The molecule has 1 amide bonds. The van der Waals surface area contributed by atoms with E-state index in [2.05, 4.69) is 0 Å². The van der Waals surface area contributed by atoms with E-state index in [4.69, 9.17) is 5.11 Å². The lowest BCUT2D eigenvalue weighted by molar-refractivity contribution is -0.169. The molecular weight excluding hydrogens is 210 g/mol. The first-order valence-electron chi connectivity index (χ1n) is 5.38. The molecule has 5 nitrogen and oxygen atoms in total. The standard InChI is InChI=1S/C11H21NO4/c1-8(2)11(3,4)7-9(13)12(16)6-5-10(14)15/h8,16H,5-7H2,1-4H3,(H,14,15). The molecule has 0 fully saturated rings. The smallest absolute Gasteiger partial charge is 0.305 e. The maximum absolute atomic E-state index is 11.6. The van der Waals surface area contributed by atoms with Crippen molar-refractivity contribution in [3.05, 3.63) is 0 Å². The Labute approximate surface area is 96.0 Å². The number of carboxylic acid groups (broad SMARTS) is 1. The zero-order valence-electron chi connectivity index (χ0n) is 10.4. The molecule has 0 aromatic carbocycles. The van der Waals surface area contributed by atoms with Crippen LogP contribution in [0, 0.1) is 11.3 Å². The van der Waals surface area contributed by atoms with Crippen molar-refractivity contribution in [1.82, 2.24) is 5.06 Å². The third kappa shape index (κ3) is 5.11. The summed E-state index contributed by atoms with van der Waals surface area (Å²) < 4.78 is 0. The van der Waals surface area contributed by atoms with Gasteiger partial charge in [-0.25, -0.2) is 5.06 Å². The molecule has 0 atom stereocenters. The van der Waals surface area contributed by atoms with Gasteiger partial charge in [0, 0.05) is 6.42 Å². The minimum absolute atomic E-state index is 0.164. The van der Waals surface area contributed by atoms with Crippen LogP contribution in [0.15, 0.2) is 0 Å². The van der Waals surface area contributed by atoms with E-state index in [1.165, 1.54) is 0 Å². The lowest BCUT2D eigenvalue weighted by Gasteiger charge is -2.29. The number of hydrogen-bond donors (Lipinski definition) is 2. The Bertz CT molecular complexity index is 261. The van der Waals surface area contributed by atoms with Gasteiger partial charge in [0.25, 0.3) is 0 Å². The SMILES string of the molecule is CC(C)C(C)(C)CC(=O)N(O)CCC(=O)O. The van der Waals surface area contributed by atoms with E-state index >= 15 is 0 Å². The van der Waals surface area contributed by atoms with Crippen LogP contribution < -0.4 is 0 Å². The van der Waals surface area contributed by atoms with Crippen LogP contribution >= 0.6 is 0 Å². The number of carboxylic acids is 1. The average Bonchev–Trinajstić information content (AvgIpc) is 2.12. The number of carbonyl (C=O) groups excluding carboxylic acids is 1. The molecule has 0 aromatic heterocycles. The lowest BCUT2D eigenvalue weighted by atomic mass is 9.78. The van der Waals surface area contributed by atoms with Crippen LogP contribution in [0.4, 0.5) is 0 Å². The number of hydroxylamine groups is 2. The van der Waals surface area contributed by atoms with Gasteiger partial charge in [-0.1, -0.05) is 27.7 Å². The Hall–Kier alpha value is -1.10. The van der Waals surface area contributed by atoms with Gasteiger partial charge in [-0.2, -0.15) is 0 Å². The van der Waals surface area contributed by atoms with Gasteiger partial charge in [-0.05, 0) is 11.3 Å². The fourth-order valence-corrected chi connectivity index (χ4v) is 1.01. The fraction of sp³-hybridized carbons (Fsp3) is 0.818. The topological polar surface area (TPSA) is 77.8 Å². The van der Waals surface area contributed by atoms with Gasteiger partial charge >= 0.3 is 5.97 Å². The van der Waals surface area contributed by atoms with Crippen molar-refractivity contribution in [2.75, 3.05) is 6.54 Å². The zero-order chi connectivity index (χ0) is 12.9. The number of amides is 1. The number of carbonyl (C=O) groups is 2. The Morgan fingerprint density at radius 3 is 2.19 bits per heavy atom. The number of nitrogens with zero attached hydrogens (tertiary/aromatic N) is 1. The summed E-state index contributed by atoms with van der Waals surface area (Å²) in [7, 11) is 0. The molecule has 0 heterocycles. The number of aliphatic carboxylic acids is 1. The van der Waals surface area contributed by atoms with Gasteiger partial charge in [-0.15, -0.1) is 0 Å². The van der Waals surface area contributed by atoms with E-state index in [0.717, 1.165) is 0 Å². The monoisotopic (exact) mass is 231 g/mol. The van der Waals surface area contributed by atoms with E-state index in [1.54, 1.807) is 0 Å². The minimum Gasteiger partial charge on any atom is -0.481 e. The molecule has 94 valence electrons. The van der Waals surface area contributed by atoms with Crippen LogP contribution in [0.25, 0.3) is 0 Å². The summed E-state index contributed by atoms with van der Waals surface area (Å²) in [4.78, 5) is 21.8. The quantitative estimate of drug-likeness (QED) is 0.539. The highest BCUT2D eigenvalue weighted by molar-refractivity contribution is 5.76. The summed E-state index contributed by atoms with van der Waals surface area (Å²) in [6, 6.07) is 0. The van der Waals surface area contributed by atoms with Crippen molar-refractivity contribution in [2.24, 2.45) is 11.3 Å². The largest absolute Gasteiger partial charge is 0.481 e. The van der Waals surface area contributed by atoms with Crippen LogP contribution in [0.5, 0.6) is 0 Å². The highest BCUT2D eigenvalue weighted by atomic mass is 16.5. The molecular formula is C11H21NO4. The van der Waals surface area contributed by atoms with Crippen LogP contribution in [-0.4, -0.2) is 33.8 Å². The first kappa shape index (κ1) is 14.9. The van der Waals surface area contributed by atoms with E-state index in [1.807, 2.05) is 27.7 Å². The van der Waals surface area contributed by atoms with Crippen molar-refractivity contribution in [3.8, 4) is 0 Å². The van der Waals surface area contributed by atoms with Gasteiger partial charge < -0.3 is 5.11 Å². The highest BCUT2D eigenvalue weighted by Gasteiger charge is 2.27. The third-order valence-electron chi connectivity index (χ3n) is 3.00. The van der Waals surface area contributed by atoms with Crippen molar-refractivity contribution in [2.45, 2.75) is 40.5 Å². The summed E-state index contributed by atoms with van der Waals surface area (Å²) in [5, 5.41) is 18.2. The molecule has 0 aliphatic heterocycles. The van der Waals surface area contributed by atoms with Crippen LogP contribution in [0.1, 0.15) is 40.5 Å². The molecule has 0 rings (SSSR count). The Morgan fingerprint density at radius 2 is 1.81 bits per heavy atom. The molecule has 0 aliphatic carbocycles. The van der Waals surface area contributed by atoms with E-state index in [9.17, 15) is 14.8 Å².